The predicted molar refractivity (Wildman–Crippen MR) is 55.3 cm³/mol. The maximum atomic E-state index is 10.9. The van der Waals surface area contributed by atoms with Gasteiger partial charge in [0.15, 0.2) is 0 Å². The van der Waals surface area contributed by atoms with Gasteiger partial charge < -0.3 is 5.11 Å². The Morgan fingerprint density at radius 1 is 1.40 bits per heavy atom. The van der Waals surface area contributed by atoms with E-state index < -0.39 is 5.97 Å². The molecule has 1 N–H and O–H groups in total. The fraction of sp³-hybridized carbons (Fsp3) is 0.0909. The summed E-state index contributed by atoms with van der Waals surface area (Å²) >= 11 is 0. The Balaban J connectivity index is 2.49. The second-order valence-corrected chi connectivity index (χ2v) is 3.26. The molecule has 0 amide bonds. The number of aryl methyl sites for hydroxylation is 1. The molecule has 0 aromatic carbocycles. The number of hydrogen-bond donors (Lipinski definition) is 1. The van der Waals surface area contributed by atoms with Crippen molar-refractivity contribution in [3.05, 3.63) is 47.9 Å². The van der Waals surface area contributed by atoms with Crippen molar-refractivity contribution in [2.75, 3.05) is 0 Å². The highest BCUT2D eigenvalue weighted by molar-refractivity contribution is 5.86. The maximum Gasteiger partial charge on any atom is 0.352 e. The van der Waals surface area contributed by atoms with Gasteiger partial charge in [-0.05, 0) is 30.7 Å². The molecule has 0 saturated carbocycles. The van der Waals surface area contributed by atoms with Crippen molar-refractivity contribution in [3.63, 3.8) is 0 Å². The van der Waals surface area contributed by atoms with Gasteiger partial charge in [0.25, 0.3) is 0 Å². The van der Waals surface area contributed by atoms with Crippen molar-refractivity contribution in [2.45, 2.75) is 6.92 Å². The van der Waals surface area contributed by atoms with E-state index in [1.54, 1.807) is 35.2 Å². The van der Waals surface area contributed by atoms with Crippen LogP contribution in [-0.2, 0) is 0 Å². The molecule has 0 unspecified atom stereocenters. The maximum absolute atomic E-state index is 10.9. The quantitative estimate of drug-likeness (QED) is 0.808. The minimum Gasteiger partial charge on any atom is -0.477 e. The molecule has 2 rings (SSSR count). The van der Waals surface area contributed by atoms with Crippen LogP contribution >= 0.6 is 0 Å². The van der Waals surface area contributed by atoms with Gasteiger partial charge in [-0.15, -0.1) is 0 Å². The number of carbonyl (C=O) groups is 1. The summed E-state index contributed by atoms with van der Waals surface area (Å²) in [4.78, 5) is 15.0. The van der Waals surface area contributed by atoms with E-state index in [9.17, 15) is 4.79 Å². The Bertz CT molecular complexity index is 486. The minimum atomic E-state index is -0.956. The topological polar surface area (TPSA) is 55.1 Å². The zero-order valence-electron chi connectivity index (χ0n) is 8.21. The number of carboxylic acids is 1. The van der Waals surface area contributed by atoms with Gasteiger partial charge in [0.2, 0.25) is 0 Å². The summed E-state index contributed by atoms with van der Waals surface area (Å²) in [6.07, 6.45) is 3.39. The predicted octanol–water partition coefficient (Wildman–Crippen LogP) is 1.88. The van der Waals surface area contributed by atoms with Gasteiger partial charge in [-0.25, -0.2) is 9.78 Å². The summed E-state index contributed by atoms with van der Waals surface area (Å²) in [5.74, 6) is -0.342. The first-order valence-electron chi connectivity index (χ1n) is 4.52. The molecule has 0 aliphatic carbocycles. The van der Waals surface area contributed by atoms with Gasteiger partial charge in [0, 0.05) is 12.4 Å². The average Bonchev–Trinajstić information content (AvgIpc) is 2.67. The number of nitrogens with zero attached hydrogens (tertiary/aromatic N) is 2. The number of hydrogen-bond acceptors (Lipinski definition) is 2. The van der Waals surface area contributed by atoms with Crippen LogP contribution in [0.15, 0.2) is 36.7 Å². The van der Waals surface area contributed by atoms with Crippen LogP contribution in [0, 0.1) is 6.92 Å². The molecular weight excluding hydrogens is 192 g/mol. The number of carboxylic acid groups (broad SMARTS) is 1. The zero-order valence-corrected chi connectivity index (χ0v) is 8.21. The van der Waals surface area contributed by atoms with Gasteiger partial charge in [-0.1, -0.05) is 6.07 Å². The fourth-order valence-electron chi connectivity index (χ4n) is 1.36. The summed E-state index contributed by atoms with van der Waals surface area (Å²) in [6, 6.07) is 6.92. The lowest BCUT2D eigenvalue weighted by Crippen LogP contribution is -2.06. The third-order valence-electron chi connectivity index (χ3n) is 2.11. The monoisotopic (exact) mass is 202 g/mol. The molecule has 0 bridgehead atoms. The Morgan fingerprint density at radius 2 is 2.20 bits per heavy atom. The standard InChI is InChI=1S/C11H10N2O2/c1-8-4-5-10(12-7-8)13-6-2-3-9(13)11(14)15/h2-7H,1H3,(H,14,15). The third kappa shape index (κ3) is 1.74. The number of rotatable bonds is 2. The molecule has 4 heteroatoms. The van der Waals surface area contributed by atoms with Crippen LogP contribution in [0.5, 0.6) is 0 Å². The molecule has 4 nitrogen and oxygen atoms in total. The molecule has 0 aliphatic heterocycles. The Kier molecular flexibility index (Phi) is 2.25. The Labute approximate surface area is 86.8 Å². The van der Waals surface area contributed by atoms with E-state index in [0.29, 0.717) is 5.82 Å². The van der Waals surface area contributed by atoms with Crippen LogP contribution in [0.4, 0.5) is 0 Å². The molecule has 2 heterocycles. The van der Waals surface area contributed by atoms with E-state index in [1.807, 2.05) is 13.0 Å². The third-order valence-corrected chi connectivity index (χ3v) is 2.11. The Morgan fingerprint density at radius 3 is 2.80 bits per heavy atom. The molecule has 0 spiro atoms. The molecule has 2 aromatic heterocycles. The Hall–Kier alpha value is -2.10. The van der Waals surface area contributed by atoms with Gasteiger partial charge in [0.05, 0.1) is 0 Å². The average molecular weight is 202 g/mol. The fourth-order valence-corrected chi connectivity index (χ4v) is 1.36. The van der Waals surface area contributed by atoms with Gasteiger partial charge in [-0.3, -0.25) is 4.57 Å². The van der Waals surface area contributed by atoms with E-state index in [4.69, 9.17) is 5.11 Å². The highest BCUT2D eigenvalue weighted by Crippen LogP contribution is 2.10. The first-order valence-corrected chi connectivity index (χ1v) is 4.52. The van der Waals surface area contributed by atoms with Gasteiger partial charge >= 0.3 is 5.97 Å². The summed E-state index contributed by atoms with van der Waals surface area (Å²) in [5, 5.41) is 8.92. The minimum absolute atomic E-state index is 0.214. The smallest absolute Gasteiger partial charge is 0.352 e. The lowest BCUT2D eigenvalue weighted by Gasteiger charge is -2.04. The van der Waals surface area contributed by atoms with E-state index in [1.165, 1.54) is 0 Å². The second-order valence-electron chi connectivity index (χ2n) is 3.26. The number of pyridine rings is 1. The van der Waals surface area contributed by atoms with Crippen LogP contribution in [0.2, 0.25) is 0 Å². The van der Waals surface area contributed by atoms with Crippen LogP contribution in [-0.4, -0.2) is 20.6 Å². The lowest BCUT2D eigenvalue weighted by atomic mass is 10.3. The van der Waals surface area contributed by atoms with Crippen LogP contribution < -0.4 is 0 Å². The summed E-state index contributed by atoms with van der Waals surface area (Å²) < 4.78 is 1.54. The molecule has 0 atom stereocenters. The molecule has 0 radical (unpaired) electrons. The molecule has 76 valence electrons. The van der Waals surface area contributed by atoms with Crippen molar-refractivity contribution >= 4 is 5.97 Å². The molecular formula is C11H10N2O2. The number of aromatic carboxylic acids is 1. The van der Waals surface area contributed by atoms with Crippen LogP contribution in [0.3, 0.4) is 0 Å². The molecule has 0 aliphatic rings. The van der Waals surface area contributed by atoms with Crippen molar-refractivity contribution in [3.8, 4) is 5.82 Å². The molecule has 0 saturated heterocycles. The summed E-state index contributed by atoms with van der Waals surface area (Å²) in [6.45, 7) is 1.94. The molecule has 0 fully saturated rings. The van der Waals surface area contributed by atoms with Crippen molar-refractivity contribution in [1.82, 2.24) is 9.55 Å². The van der Waals surface area contributed by atoms with Crippen molar-refractivity contribution in [1.29, 1.82) is 0 Å². The highest BCUT2D eigenvalue weighted by Gasteiger charge is 2.10. The van der Waals surface area contributed by atoms with E-state index >= 15 is 0 Å². The summed E-state index contributed by atoms with van der Waals surface area (Å²) in [7, 11) is 0. The first-order chi connectivity index (χ1) is 7.18. The normalized spacial score (nSPS) is 10.2. The van der Waals surface area contributed by atoms with Gasteiger partial charge in [0.1, 0.15) is 11.5 Å². The van der Waals surface area contributed by atoms with Gasteiger partial charge in [-0.2, -0.15) is 0 Å². The van der Waals surface area contributed by atoms with Crippen molar-refractivity contribution in [2.24, 2.45) is 0 Å². The summed E-state index contributed by atoms with van der Waals surface area (Å²) in [5.41, 5.74) is 1.26. The molecule has 2 aromatic rings. The second kappa shape index (κ2) is 3.57. The molecule has 15 heavy (non-hydrogen) atoms. The zero-order chi connectivity index (χ0) is 10.8. The van der Waals surface area contributed by atoms with Crippen LogP contribution in [0.25, 0.3) is 5.82 Å². The van der Waals surface area contributed by atoms with E-state index in [2.05, 4.69) is 4.98 Å². The van der Waals surface area contributed by atoms with E-state index in [0.717, 1.165) is 5.56 Å². The highest BCUT2D eigenvalue weighted by atomic mass is 16.4. The lowest BCUT2D eigenvalue weighted by molar-refractivity contribution is 0.0688. The number of aromatic nitrogens is 2. The first kappa shape index (κ1) is 9.45. The van der Waals surface area contributed by atoms with E-state index in [-0.39, 0.29) is 5.69 Å². The SMILES string of the molecule is Cc1ccc(-n2cccc2C(=O)O)nc1. The van der Waals surface area contributed by atoms with Crippen molar-refractivity contribution < 1.29 is 9.90 Å². The van der Waals surface area contributed by atoms with Crippen LogP contribution in [0.1, 0.15) is 16.1 Å². The largest absolute Gasteiger partial charge is 0.477 e.